The van der Waals surface area contributed by atoms with E-state index in [1.165, 1.54) is 24.3 Å². The fourth-order valence-electron chi connectivity index (χ4n) is 3.39. The molecule has 2 fully saturated rings. The van der Waals surface area contributed by atoms with E-state index in [0.29, 0.717) is 13.2 Å². The van der Waals surface area contributed by atoms with E-state index < -0.39 is 20.5 Å². The topological polar surface area (TPSA) is 99.0 Å². The highest BCUT2D eigenvalue weighted by molar-refractivity contribution is 7.91. The van der Waals surface area contributed by atoms with Crippen molar-refractivity contribution in [3.05, 3.63) is 34.4 Å². The first kappa shape index (κ1) is 18.2. The predicted octanol–water partition coefficient (Wildman–Crippen LogP) is 1.60. The smallest absolute Gasteiger partial charge is 0.269 e. The zero-order valence-electron chi connectivity index (χ0n) is 14.1. The van der Waals surface area contributed by atoms with Crippen LogP contribution in [0.15, 0.2) is 29.2 Å². The van der Waals surface area contributed by atoms with Gasteiger partial charge in [0.25, 0.3) is 5.69 Å². The average Bonchev–Trinajstić information content (AvgIpc) is 3.03. The van der Waals surface area contributed by atoms with Crippen LogP contribution in [0.25, 0.3) is 0 Å². The number of ether oxygens (including phenoxy) is 2. The first-order valence-corrected chi connectivity index (χ1v) is 9.96. The number of non-ortho nitro benzene ring substituents is 1. The van der Waals surface area contributed by atoms with Crippen LogP contribution in [0.3, 0.4) is 0 Å². The second-order valence-corrected chi connectivity index (χ2v) is 8.56. The molecule has 2 saturated heterocycles. The summed E-state index contributed by atoms with van der Waals surface area (Å²) in [5, 5.41) is 10.7. The summed E-state index contributed by atoms with van der Waals surface area (Å²) >= 11 is 0. The Morgan fingerprint density at radius 1 is 1.20 bits per heavy atom. The SMILES string of the molecule is C[C@H](CS(=O)(=O)c1ccc([N+](=O)[O-])cc1)N1CCC2(CC1)OCCO2. The molecule has 1 aromatic carbocycles. The molecule has 0 radical (unpaired) electrons. The highest BCUT2D eigenvalue weighted by Crippen LogP contribution is 2.32. The number of benzene rings is 1. The number of sulfone groups is 1. The Balaban J connectivity index is 1.61. The minimum atomic E-state index is -3.51. The first-order chi connectivity index (χ1) is 11.8. The van der Waals surface area contributed by atoms with E-state index in [2.05, 4.69) is 4.90 Å². The Morgan fingerprint density at radius 3 is 2.28 bits per heavy atom. The third-order valence-corrected chi connectivity index (χ3v) is 6.78. The summed E-state index contributed by atoms with van der Waals surface area (Å²) in [6.45, 7) is 4.55. The summed E-state index contributed by atoms with van der Waals surface area (Å²) in [7, 11) is -3.51. The molecule has 0 N–H and O–H groups in total. The van der Waals surface area contributed by atoms with Gasteiger partial charge in [0.05, 0.1) is 28.8 Å². The van der Waals surface area contributed by atoms with E-state index in [4.69, 9.17) is 9.47 Å². The van der Waals surface area contributed by atoms with Gasteiger partial charge in [-0.05, 0) is 19.1 Å². The monoisotopic (exact) mass is 370 g/mol. The van der Waals surface area contributed by atoms with Crippen LogP contribution in [-0.4, -0.2) is 62.1 Å². The van der Waals surface area contributed by atoms with Crippen molar-refractivity contribution in [1.82, 2.24) is 4.90 Å². The van der Waals surface area contributed by atoms with Gasteiger partial charge in [0, 0.05) is 44.1 Å². The van der Waals surface area contributed by atoms with Crippen molar-refractivity contribution in [3.63, 3.8) is 0 Å². The normalized spacial score (nSPS) is 22.1. The number of nitrogens with zero attached hydrogens (tertiary/aromatic N) is 2. The molecule has 1 aromatic rings. The van der Waals surface area contributed by atoms with Crippen LogP contribution in [0.1, 0.15) is 19.8 Å². The second-order valence-electron chi connectivity index (χ2n) is 6.53. The number of likely N-dealkylation sites (tertiary alicyclic amines) is 1. The zero-order chi connectivity index (χ0) is 18.1. The Bertz CT molecular complexity index is 717. The molecule has 0 aliphatic carbocycles. The number of hydrogen-bond donors (Lipinski definition) is 0. The van der Waals surface area contributed by atoms with Crippen molar-refractivity contribution in [3.8, 4) is 0 Å². The van der Waals surface area contributed by atoms with Gasteiger partial charge in [-0.1, -0.05) is 0 Å². The molecule has 25 heavy (non-hydrogen) atoms. The number of nitro benzene ring substituents is 1. The summed E-state index contributed by atoms with van der Waals surface area (Å²) in [6.07, 6.45) is 1.46. The maximum Gasteiger partial charge on any atom is 0.269 e. The maximum atomic E-state index is 12.6. The Kier molecular flexibility index (Phi) is 5.10. The van der Waals surface area contributed by atoms with Gasteiger partial charge in [0.2, 0.25) is 0 Å². The number of rotatable bonds is 5. The molecule has 0 amide bonds. The van der Waals surface area contributed by atoms with E-state index in [-0.39, 0.29) is 22.4 Å². The van der Waals surface area contributed by atoms with E-state index in [0.717, 1.165) is 25.9 Å². The standard InChI is InChI=1S/C16H22N2O6S/c1-13(17-8-6-16(7-9-17)23-10-11-24-16)12-25(21,22)15-4-2-14(3-5-15)18(19)20/h2-5,13H,6-12H2,1H3/t13-/m1/s1. The van der Waals surface area contributed by atoms with Gasteiger partial charge in [-0.25, -0.2) is 8.42 Å². The molecule has 2 aliphatic rings. The van der Waals surface area contributed by atoms with Gasteiger partial charge in [-0.15, -0.1) is 0 Å². The maximum absolute atomic E-state index is 12.6. The average molecular weight is 370 g/mol. The lowest BCUT2D eigenvalue weighted by atomic mass is 10.0. The Labute approximate surface area is 146 Å². The van der Waals surface area contributed by atoms with Crippen molar-refractivity contribution in [2.75, 3.05) is 32.1 Å². The largest absolute Gasteiger partial charge is 0.347 e. The van der Waals surface area contributed by atoms with Crippen LogP contribution in [-0.2, 0) is 19.3 Å². The van der Waals surface area contributed by atoms with E-state index >= 15 is 0 Å². The molecule has 9 heteroatoms. The fraction of sp³-hybridized carbons (Fsp3) is 0.625. The van der Waals surface area contributed by atoms with Crippen LogP contribution >= 0.6 is 0 Å². The van der Waals surface area contributed by atoms with Crippen molar-refractivity contribution in [2.45, 2.75) is 36.5 Å². The molecule has 0 saturated carbocycles. The number of piperidine rings is 1. The lowest BCUT2D eigenvalue weighted by Crippen LogP contribution is -2.49. The summed E-state index contributed by atoms with van der Waals surface area (Å²) in [5.41, 5.74) is -0.120. The van der Waals surface area contributed by atoms with Crippen LogP contribution in [0, 0.1) is 10.1 Å². The van der Waals surface area contributed by atoms with E-state index in [1.54, 1.807) is 0 Å². The van der Waals surface area contributed by atoms with Gasteiger partial charge < -0.3 is 9.47 Å². The molecule has 0 bridgehead atoms. The minimum Gasteiger partial charge on any atom is -0.347 e. The molecule has 1 atom stereocenters. The molecule has 0 unspecified atom stereocenters. The second kappa shape index (κ2) is 6.99. The molecule has 8 nitrogen and oxygen atoms in total. The van der Waals surface area contributed by atoms with Crippen LogP contribution < -0.4 is 0 Å². The minimum absolute atomic E-state index is 0.0282. The molecule has 2 aliphatic heterocycles. The number of hydrogen-bond acceptors (Lipinski definition) is 7. The highest BCUT2D eigenvalue weighted by Gasteiger charge is 2.41. The molecular formula is C16H22N2O6S. The Hall–Kier alpha value is -1.55. The molecule has 0 aromatic heterocycles. The third kappa shape index (κ3) is 4.00. The van der Waals surface area contributed by atoms with Gasteiger partial charge in [0.15, 0.2) is 15.6 Å². The first-order valence-electron chi connectivity index (χ1n) is 8.31. The van der Waals surface area contributed by atoms with Gasteiger partial charge >= 0.3 is 0 Å². The molecule has 1 spiro atoms. The lowest BCUT2D eigenvalue weighted by Gasteiger charge is -2.40. The molecule has 3 rings (SSSR count). The zero-order valence-corrected chi connectivity index (χ0v) is 14.9. The van der Waals surface area contributed by atoms with Crippen LogP contribution in [0.2, 0.25) is 0 Å². The van der Waals surface area contributed by atoms with Crippen LogP contribution in [0.4, 0.5) is 5.69 Å². The number of nitro groups is 1. The molecular weight excluding hydrogens is 348 g/mol. The lowest BCUT2D eigenvalue weighted by molar-refractivity contribution is -0.384. The van der Waals surface area contributed by atoms with Gasteiger partial charge in [0.1, 0.15) is 0 Å². The van der Waals surface area contributed by atoms with Crippen molar-refractivity contribution < 1.29 is 22.8 Å². The summed E-state index contributed by atoms with van der Waals surface area (Å²) in [4.78, 5) is 12.4. The summed E-state index contributed by atoms with van der Waals surface area (Å²) in [6, 6.07) is 4.88. The highest BCUT2D eigenvalue weighted by atomic mass is 32.2. The van der Waals surface area contributed by atoms with Gasteiger partial charge in [-0.2, -0.15) is 0 Å². The quantitative estimate of drug-likeness (QED) is 0.573. The Morgan fingerprint density at radius 2 is 1.76 bits per heavy atom. The third-order valence-electron chi connectivity index (χ3n) is 4.86. The predicted molar refractivity (Wildman–Crippen MR) is 90.1 cm³/mol. The molecule has 2 heterocycles. The fourth-order valence-corrected chi connectivity index (χ4v) is 4.97. The van der Waals surface area contributed by atoms with E-state index in [1.807, 2.05) is 6.92 Å². The van der Waals surface area contributed by atoms with Gasteiger partial charge in [-0.3, -0.25) is 15.0 Å². The van der Waals surface area contributed by atoms with Crippen molar-refractivity contribution >= 4 is 15.5 Å². The summed E-state index contributed by atoms with van der Waals surface area (Å²) in [5.74, 6) is -0.507. The summed E-state index contributed by atoms with van der Waals surface area (Å²) < 4.78 is 36.5. The van der Waals surface area contributed by atoms with E-state index in [9.17, 15) is 18.5 Å². The molecule has 138 valence electrons. The van der Waals surface area contributed by atoms with Crippen molar-refractivity contribution in [2.24, 2.45) is 0 Å². The van der Waals surface area contributed by atoms with Crippen molar-refractivity contribution in [1.29, 1.82) is 0 Å². The van der Waals surface area contributed by atoms with Crippen LogP contribution in [0.5, 0.6) is 0 Å².